The van der Waals surface area contributed by atoms with E-state index in [0.717, 1.165) is 66.8 Å². The van der Waals surface area contributed by atoms with E-state index in [-0.39, 0.29) is 26.8 Å². The van der Waals surface area contributed by atoms with Gasteiger partial charge in [-0.2, -0.15) is 6.20 Å². The number of carboxylic acids is 1. The Bertz CT molecular complexity index is 2090. The number of carboxylic acid groups (broad SMARTS) is 1. The fourth-order valence-corrected chi connectivity index (χ4v) is 5.62. The molecule has 0 unspecified atom stereocenters. The molecule has 3 aromatic heterocycles. The normalized spacial score (nSPS) is 11.1. The van der Waals surface area contributed by atoms with Crippen molar-refractivity contribution in [2.45, 2.75) is 13.8 Å². The molecule has 42 heavy (non-hydrogen) atoms. The van der Waals surface area contributed by atoms with E-state index in [1.54, 1.807) is 6.07 Å². The van der Waals surface area contributed by atoms with E-state index >= 15 is 0 Å². The van der Waals surface area contributed by atoms with Crippen LogP contribution in [0.4, 0.5) is 0 Å². The Labute approximate surface area is 257 Å². The zero-order chi connectivity index (χ0) is 28.1. The zero-order valence-electron chi connectivity index (χ0n) is 22.9. The van der Waals surface area contributed by atoms with Crippen molar-refractivity contribution in [2.24, 2.45) is 0 Å². The van der Waals surface area contributed by atoms with Crippen LogP contribution in [0.25, 0.3) is 61.4 Å². The summed E-state index contributed by atoms with van der Waals surface area (Å²) in [5.41, 5.74) is 9.66. The Morgan fingerprint density at radius 2 is 1.48 bits per heavy atom. The van der Waals surface area contributed by atoms with Crippen molar-refractivity contribution < 1.29 is 31.0 Å². The van der Waals surface area contributed by atoms with Gasteiger partial charge in [0.15, 0.2) is 0 Å². The Balaban J connectivity index is 0.00000316. The first-order valence-corrected chi connectivity index (χ1v) is 13.4. The maximum atomic E-state index is 12.2. The molecule has 0 aliphatic heterocycles. The van der Waals surface area contributed by atoms with Crippen LogP contribution < -0.4 is 4.98 Å². The molecule has 6 nitrogen and oxygen atoms in total. The number of pyridine rings is 1. The van der Waals surface area contributed by atoms with Gasteiger partial charge in [0.05, 0.1) is 16.7 Å². The monoisotopic (exact) mass is 728 g/mol. The summed E-state index contributed by atoms with van der Waals surface area (Å²) in [5, 5.41) is 11.0. The van der Waals surface area contributed by atoms with E-state index in [1.165, 1.54) is 0 Å². The van der Waals surface area contributed by atoms with Crippen LogP contribution in [-0.2, 0) is 21.1 Å². The van der Waals surface area contributed by atoms with Gasteiger partial charge in [-0.25, -0.2) is 14.8 Å². The van der Waals surface area contributed by atoms with Gasteiger partial charge in [0.2, 0.25) is 0 Å². The summed E-state index contributed by atoms with van der Waals surface area (Å²) in [6.45, 7) is 4.08. The molecule has 0 aliphatic rings. The standard InChI is InChI=1S/C35H26N4O2.Pt/c1-21-16-22(2)18-24(17-21)25-19-29(37-30(20-25)35(40)41)27-11-7-13-31-33(27)38-34(39(31)26-9-4-3-5-10-26)28-12-6-8-23-14-15-36-32(23)28;/h3-20H,1-2H3,(H2,36,37,38,40,41);/p-1. The van der Waals surface area contributed by atoms with Crippen molar-refractivity contribution in [2.75, 3.05) is 0 Å². The third kappa shape index (κ3) is 4.74. The van der Waals surface area contributed by atoms with Gasteiger partial charge in [-0.15, -0.1) is 5.52 Å². The van der Waals surface area contributed by atoms with Crippen molar-refractivity contribution >= 4 is 27.9 Å². The number of rotatable bonds is 5. The third-order valence-electron chi connectivity index (χ3n) is 7.34. The molecule has 1 N–H and O–H groups in total. The van der Waals surface area contributed by atoms with Gasteiger partial charge in [-0.05, 0) is 60.7 Å². The van der Waals surface area contributed by atoms with Gasteiger partial charge in [-0.1, -0.05) is 83.9 Å². The van der Waals surface area contributed by atoms with Crippen molar-refractivity contribution in [3.8, 4) is 39.5 Å². The second-order valence-electron chi connectivity index (χ2n) is 10.3. The van der Waals surface area contributed by atoms with Gasteiger partial charge < -0.3 is 10.1 Å². The summed E-state index contributed by atoms with van der Waals surface area (Å²) < 4.78 is 2.13. The minimum atomic E-state index is -1.07. The molecule has 7 heteroatoms. The van der Waals surface area contributed by atoms with Crippen molar-refractivity contribution in [3.63, 3.8) is 0 Å². The summed E-state index contributed by atoms with van der Waals surface area (Å²) in [6.07, 6.45) is 1.81. The molecule has 0 radical (unpaired) electrons. The van der Waals surface area contributed by atoms with E-state index in [4.69, 9.17) is 4.98 Å². The van der Waals surface area contributed by atoms with Gasteiger partial charge in [0.1, 0.15) is 11.5 Å². The molecule has 3 heterocycles. The van der Waals surface area contributed by atoms with Gasteiger partial charge >= 0.3 is 5.97 Å². The van der Waals surface area contributed by atoms with Crippen LogP contribution in [0, 0.1) is 13.8 Å². The first kappa shape index (κ1) is 27.4. The molecule has 7 rings (SSSR count). The number of para-hydroxylation sites is 3. The van der Waals surface area contributed by atoms with Crippen LogP contribution in [0.1, 0.15) is 21.6 Å². The molecule has 208 valence electrons. The van der Waals surface area contributed by atoms with Crippen molar-refractivity contribution in [1.29, 1.82) is 0 Å². The predicted molar refractivity (Wildman–Crippen MR) is 162 cm³/mol. The van der Waals surface area contributed by atoms with E-state index < -0.39 is 5.97 Å². The van der Waals surface area contributed by atoms with Crippen LogP contribution in [-0.4, -0.2) is 25.6 Å². The van der Waals surface area contributed by atoms with Crippen LogP contribution in [0.2, 0.25) is 0 Å². The second-order valence-corrected chi connectivity index (χ2v) is 10.3. The molecule has 0 aliphatic carbocycles. The number of benzene rings is 4. The number of nitrogens with zero attached hydrogens (tertiary/aromatic N) is 4. The van der Waals surface area contributed by atoms with E-state index in [2.05, 4.69) is 44.9 Å². The number of fused-ring (bicyclic) bond motifs is 2. The van der Waals surface area contributed by atoms with E-state index in [0.29, 0.717) is 5.69 Å². The Hall–Kier alpha value is -4.80. The smallest absolute Gasteiger partial charge is 0.354 e. The van der Waals surface area contributed by atoms with Crippen molar-refractivity contribution in [1.82, 2.24) is 19.5 Å². The van der Waals surface area contributed by atoms with Gasteiger partial charge in [-0.3, -0.25) is 4.57 Å². The molecule has 0 saturated heterocycles. The molecule has 0 fully saturated rings. The number of hydrogen-bond acceptors (Lipinski definition) is 3. The number of aryl methyl sites for hydroxylation is 2. The third-order valence-corrected chi connectivity index (χ3v) is 7.34. The van der Waals surface area contributed by atoms with Gasteiger partial charge in [0.25, 0.3) is 0 Å². The number of aromatic carboxylic acids is 1. The SMILES string of the molecule is Cc1cc(C)cc(-c2cc(C(=O)O)nc(-c3cccc4c3nc(-c3cccc5cc[n-]c35)n4-c3ccccc3)c2)c1.[Pt]. The maximum Gasteiger partial charge on any atom is 0.354 e. The quantitative estimate of drug-likeness (QED) is 0.195. The second kappa shape index (κ2) is 10.9. The van der Waals surface area contributed by atoms with Crippen LogP contribution in [0.15, 0.2) is 109 Å². The molecule has 0 amide bonds. The average molecular weight is 729 g/mol. The maximum absolute atomic E-state index is 12.2. The fourth-order valence-electron chi connectivity index (χ4n) is 5.62. The minimum Gasteiger partial charge on any atom is -0.663 e. The molecule has 0 spiro atoms. The van der Waals surface area contributed by atoms with Crippen LogP contribution in [0.3, 0.4) is 0 Å². The van der Waals surface area contributed by atoms with Crippen LogP contribution >= 0.6 is 0 Å². The first-order chi connectivity index (χ1) is 20.0. The fraction of sp³-hybridized carbons (Fsp3) is 0.0571. The molecular formula is C35H25N4O2Pt-. The minimum absolute atomic E-state index is 0. The first-order valence-electron chi connectivity index (χ1n) is 13.4. The number of imidazole rings is 1. The summed E-state index contributed by atoms with van der Waals surface area (Å²) in [7, 11) is 0. The molecule has 7 aromatic rings. The Morgan fingerprint density at radius 3 is 2.24 bits per heavy atom. The molecule has 0 atom stereocenters. The van der Waals surface area contributed by atoms with Crippen LogP contribution in [0.5, 0.6) is 0 Å². The topological polar surface area (TPSA) is 82.1 Å². The van der Waals surface area contributed by atoms with E-state index in [1.807, 2.05) is 86.8 Å². The Kier molecular flexibility index (Phi) is 7.09. The largest absolute Gasteiger partial charge is 0.663 e. The number of carbonyl (C=O) groups is 1. The number of hydrogen-bond donors (Lipinski definition) is 1. The zero-order valence-corrected chi connectivity index (χ0v) is 25.1. The molecular weight excluding hydrogens is 703 g/mol. The molecule has 0 bridgehead atoms. The Morgan fingerprint density at radius 1 is 0.762 bits per heavy atom. The van der Waals surface area contributed by atoms with E-state index in [9.17, 15) is 9.90 Å². The molecule has 0 saturated carbocycles. The predicted octanol–water partition coefficient (Wildman–Crippen LogP) is 7.84. The summed E-state index contributed by atoms with van der Waals surface area (Å²) >= 11 is 0. The summed E-state index contributed by atoms with van der Waals surface area (Å²) in [5.74, 6) is -0.319. The summed E-state index contributed by atoms with van der Waals surface area (Å²) in [6, 6.07) is 34.0. The van der Waals surface area contributed by atoms with Crippen molar-refractivity contribution in [3.05, 3.63) is 126 Å². The molecule has 4 aromatic carbocycles. The van der Waals surface area contributed by atoms with Gasteiger partial charge in [0, 0.05) is 37.9 Å². The summed E-state index contributed by atoms with van der Waals surface area (Å²) in [4.78, 5) is 26.6. The average Bonchev–Trinajstić information content (AvgIpc) is 3.62. The number of aromatic nitrogens is 4.